The van der Waals surface area contributed by atoms with Crippen molar-refractivity contribution in [2.24, 2.45) is 0 Å². The van der Waals surface area contributed by atoms with Gasteiger partial charge in [-0.05, 0) is 36.6 Å². The minimum atomic E-state index is 0.547. The van der Waals surface area contributed by atoms with Crippen LogP contribution in [-0.2, 0) is 9.47 Å². The molecule has 0 spiro atoms. The molecule has 18 heavy (non-hydrogen) atoms. The molecule has 1 aliphatic carbocycles. The molecule has 1 aliphatic rings. The summed E-state index contributed by atoms with van der Waals surface area (Å²) in [7, 11) is 3.29. The molecule has 0 saturated carbocycles. The molecule has 2 rings (SSSR count). The molecule has 0 aromatic heterocycles. The molecule has 0 unspecified atom stereocenters. The fraction of sp³-hybridized carbons (Fsp3) is 0.286. The molecule has 0 N–H and O–H groups in total. The maximum atomic E-state index is 6.05. The third-order valence-corrected chi connectivity index (χ3v) is 3.65. The van der Waals surface area contributed by atoms with Gasteiger partial charge in [-0.15, -0.1) is 0 Å². The summed E-state index contributed by atoms with van der Waals surface area (Å²) in [5.74, 6) is 1.53. The molecular weight excluding hydrogens is 271 g/mol. The number of rotatable bonds is 3. The minimum Gasteiger partial charge on any atom is -0.493 e. The highest BCUT2D eigenvalue weighted by molar-refractivity contribution is 6.42. The smallest absolute Gasteiger partial charge is 0.164 e. The van der Waals surface area contributed by atoms with Crippen LogP contribution in [0.25, 0.3) is 5.57 Å². The molecule has 0 radical (unpaired) electrons. The molecule has 1 aromatic carbocycles. The quantitative estimate of drug-likeness (QED) is 0.803. The zero-order valence-corrected chi connectivity index (χ0v) is 11.8. The summed E-state index contributed by atoms with van der Waals surface area (Å²) in [6.07, 6.45) is 3.85. The Balaban J connectivity index is 2.49. The number of benzene rings is 1. The highest BCUT2D eigenvalue weighted by Gasteiger charge is 2.19. The second-order valence-corrected chi connectivity index (χ2v) is 4.77. The van der Waals surface area contributed by atoms with Crippen molar-refractivity contribution in [3.05, 3.63) is 51.4 Å². The Hall–Kier alpha value is -1.12. The first kappa shape index (κ1) is 13.3. The molecule has 0 amide bonds. The van der Waals surface area contributed by atoms with Crippen molar-refractivity contribution in [1.29, 1.82) is 0 Å². The molecule has 1 aromatic rings. The van der Waals surface area contributed by atoms with Gasteiger partial charge in [0, 0.05) is 5.57 Å². The summed E-state index contributed by atoms with van der Waals surface area (Å²) in [5.41, 5.74) is 2.11. The lowest BCUT2D eigenvalue weighted by atomic mass is 9.95. The van der Waals surface area contributed by atoms with Crippen LogP contribution in [0.1, 0.15) is 18.4 Å². The first-order valence-electron chi connectivity index (χ1n) is 5.64. The standard InChI is InChI=1S/C14H14Cl2O2/c1-17-13-5-3-4-10(14(13)18-2)9-6-7-11(15)12(16)8-9/h5-8H,3-4H2,1-2H3. The first-order valence-corrected chi connectivity index (χ1v) is 6.40. The predicted molar refractivity (Wildman–Crippen MR) is 74.7 cm³/mol. The summed E-state index contributed by atoms with van der Waals surface area (Å²) >= 11 is 12.0. The van der Waals surface area contributed by atoms with Crippen molar-refractivity contribution in [3.8, 4) is 0 Å². The van der Waals surface area contributed by atoms with E-state index in [1.165, 1.54) is 0 Å². The van der Waals surface area contributed by atoms with E-state index in [1.54, 1.807) is 20.3 Å². The van der Waals surface area contributed by atoms with Gasteiger partial charge in [0.25, 0.3) is 0 Å². The van der Waals surface area contributed by atoms with E-state index in [9.17, 15) is 0 Å². The molecule has 0 saturated heterocycles. The van der Waals surface area contributed by atoms with Crippen molar-refractivity contribution >= 4 is 28.8 Å². The van der Waals surface area contributed by atoms with E-state index >= 15 is 0 Å². The van der Waals surface area contributed by atoms with Crippen molar-refractivity contribution in [2.45, 2.75) is 12.8 Å². The lowest BCUT2D eigenvalue weighted by Gasteiger charge is -2.20. The normalized spacial score (nSPS) is 15.4. The second-order valence-electron chi connectivity index (χ2n) is 3.95. The highest BCUT2D eigenvalue weighted by atomic mass is 35.5. The third kappa shape index (κ3) is 2.50. The lowest BCUT2D eigenvalue weighted by Crippen LogP contribution is -2.04. The van der Waals surface area contributed by atoms with Gasteiger partial charge < -0.3 is 9.47 Å². The predicted octanol–water partition coefficient (Wildman–Crippen LogP) is 4.68. The van der Waals surface area contributed by atoms with E-state index < -0.39 is 0 Å². The summed E-state index contributed by atoms with van der Waals surface area (Å²) in [6, 6.07) is 5.60. The van der Waals surface area contributed by atoms with E-state index in [2.05, 4.69) is 0 Å². The Bertz CT molecular complexity index is 519. The molecule has 2 nitrogen and oxygen atoms in total. The number of ether oxygens (including phenoxy) is 2. The van der Waals surface area contributed by atoms with Crippen LogP contribution < -0.4 is 0 Å². The van der Waals surface area contributed by atoms with Crippen LogP contribution in [0.2, 0.25) is 10.0 Å². The Kier molecular flexibility index (Phi) is 4.20. The highest BCUT2D eigenvalue weighted by Crippen LogP contribution is 2.35. The molecule has 0 bridgehead atoms. The van der Waals surface area contributed by atoms with Gasteiger partial charge in [-0.25, -0.2) is 0 Å². The molecule has 0 heterocycles. The average molecular weight is 285 g/mol. The van der Waals surface area contributed by atoms with Crippen LogP contribution >= 0.6 is 23.2 Å². The van der Waals surface area contributed by atoms with Crippen LogP contribution in [0, 0.1) is 0 Å². The van der Waals surface area contributed by atoms with Crippen molar-refractivity contribution < 1.29 is 9.47 Å². The number of hydrogen-bond donors (Lipinski definition) is 0. The molecule has 4 heteroatoms. The third-order valence-electron chi connectivity index (χ3n) is 2.91. The Morgan fingerprint density at radius 2 is 1.83 bits per heavy atom. The van der Waals surface area contributed by atoms with E-state index in [0.717, 1.165) is 35.5 Å². The van der Waals surface area contributed by atoms with Crippen LogP contribution in [-0.4, -0.2) is 14.2 Å². The summed E-state index contributed by atoms with van der Waals surface area (Å²) < 4.78 is 10.8. The zero-order valence-electron chi connectivity index (χ0n) is 10.3. The summed E-state index contributed by atoms with van der Waals surface area (Å²) in [5, 5.41) is 1.10. The van der Waals surface area contributed by atoms with Crippen LogP contribution in [0.4, 0.5) is 0 Å². The van der Waals surface area contributed by atoms with Crippen LogP contribution in [0.3, 0.4) is 0 Å². The fourth-order valence-electron chi connectivity index (χ4n) is 2.06. The minimum absolute atomic E-state index is 0.547. The molecular formula is C14H14Cl2O2. The largest absolute Gasteiger partial charge is 0.493 e. The van der Waals surface area contributed by atoms with Crippen molar-refractivity contribution in [2.75, 3.05) is 14.2 Å². The zero-order chi connectivity index (χ0) is 13.1. The van der Waals surface area contributed by atoms with Gasteiger partial charge in [0.15, 0.2) is 11.5 Å². The maximum Gasteiger partial charge on any atom is 0.164 e. The van der Waals surface area contributed by atoms with Gasteiger partial charge in [-0.3, -0.25) is 0 Å². The van der Waals surface area contributed by atoms with E-state index in [1.807, 2.05) is 18.2 Å². The van der Waals surface area contributed by atoms with Gasteiger partial charge in [-0.2, -0.15) is 0 Å². The molecule has 0 aliphatic heterocycles. The lowest BCUT2D eigenvalue weighted by molar-refractivity contribution is 0.218. The second kappa shape index (κ2) is 5.68. The number of halogens is 2. The monoisotopic (exact) mass is 284 g/mol. The van der Waals surface area contributed by atoms with Crippen molar-refractivity contribution in [3.63, 3.8) is 0 Å². The summed E-state index contributed by atoms with van der Waals surface area (Å²) in [6.45, 7) is 0. The Morgan fingerprint density at radius 3 is 2.44 bits per heavy atom. The fourth-order valence-corrected chi connectivity index (χ4v) is 2.36. The SMILES string of the molecule is COC1=CCCC(c2ccc(Cl)c(Cl)c2)=C1OC. The van der Waals surface area contributed by atoms with Gasteiger partial charge in [0.05, 0.1) is 24.3 Å². The van der Waals surface area contributed by atoms with Gasteiger partial charge in [-0.1, -0.05) is 29.3 Å². The Morgan fingerprint density at radius 1 is 1.06 bits per heavy atom. The maximum absolute atomic E-state index is 6.05. The topological polar surface area (TPSA) is 18.5 Å². The van der Waals surface area contributed by atoms with Crippen molar-refractivity contribution in [1.82, 2.24) is 0 Å². The van der Waals surface area contributed by atoms with E-state index in [4.69, 9.17) is 32.7 Å². The first-order chi connectivity index (χ1) is 8.67. The molecule has 0 atom stereocenters. The average Bonchev–Trinajstić information content (AvgIpc) is 2.40. The van der Waals surface area contributed by atoms with Gasteiger partial charge in [0.2, 0.25) is 0 Å². The van der Waals surface area contributed by atoms with Crippen LogP contribution in [0.5, 0.6) is 0 Å². The van der Waals surface area contributed by atoms with Gasteiger partial charge in [0.1, 0.15) is 0 Å². The molecule has 96 valence electrons. The number of methoxy groups -OCH3 is 2. The number of allylic oxidation sites excluding steroid dienone is 2. The number of hydrogen-bond acceptors (Lipinski definition) is 2. The van der Waals surface area contributed by atoms with Gasteiger partial charge >= 0.3 is 0 Å². The summed E-state index contributed by atoms with van der Waals surface area (Å²) in [4.78, 5) is 0. The van der Waals surface area contributed by atoms with Crippen LogP contribution in [0.15, 0.2) is 35.8 Å². The molecule has 0 fully saturated rings. The Labute approximate surface area is 117 Å². The van der Waals surface area contributed by atoms with E-state index in [0.29, 0.717) is 10.0 Å². The van der Waals surface area contributed by atoms with E-state index in [-0.39, 0.29) is 0 Å².